The average Bonchev–Trinajstić information content (AvgIpc) is 3.16. The fourth-order valence-corrected chi connectivity index (χ4v) is 7.36. The van der Waals surface area contributed by atoms with Gasteiger partial charge in [0.25, 0.3) is 0 Å². The minimum absolute atomic E-state index is 0.654. The average molecular weight is 610 g/mol. The second kappa shape index (κ2) is 10.5. The highest BCUT2D eigenvalue weighted by atomic mass is 15.0. The summed E-state index contributed by atoms with van der Waals surface area (Å²) in [4.78, 5) is 15.6. The van der Waals surface area contributed by atoms with Gasteiger partial charge in [-0.1, -0.05) is 152 Å². The van der Waals surface area contributed by atoms with Crippen molar-refractivity contribution in [2.75, 3.05) is 0 Å². The van der Waals surface area contributed by atoms with Gasteiger partial charge >= 0.3 is 0 Å². The number of fused-ring (bicyclic) bond motifs is 9. The van der Waals surface area contributed by atoms with E-state index in [2.05, 4.69) is 146 Å². The lowest BCUT2D eigenvalue weighted by molar-refractivity contribution is 1.08. The van der Waals surface area contributed by atoms with Gasteiger partial charge in [0.1, 0.15) is 0 Å². The third kappa shape index (κ3) is 4.18. The molecule has 1 heterocycles. The number of aromatic nitrogens is 3. The van der Waals surface area contributed by atoms with Crippen LogP contribution in [-0.2, 0) is 0 Å². The molecule has 3 nitrogen and oxygen atoms in total. The Morgan fingerprint density at radius 3 is 1.46 bits per heavy atom. The molecule has 0 radical (unpaired) electrons. The number of hydrogen-bond donors (Lipinski definition) is 0. The highest BCUT2D eigenvalue weighted by Gasteiger charge is 2.18. The Morgan fingerprint density at radius 1 is 0.250 bits per heavy atom. The number of benzene rings is 9. The molecule has 9 aromatic carbocycles. The Kier molecular flexibility index (Phi) is 5.87. The maximum absolute atomic E-state index is 5.27. The van der Waals surface area contributed by atoms with Gasteiger partial charge in [-0.2, -0.15) is 0 Å². The Hall–Kier alpha value is -6.45. The summed E-state index contributed by atoms with van der Waals surface area (Å²) in [5, 5.41) is 14.4. The van der Waals surface area contributed by atoms with Gasteiger partial charge in [-0.05, 0) is 76.8 Å². The molecular weight excluding hydrogens is 583 g/mol. The minimum Gasteiger partial charge on any atom is -0.208 e. The number of rotatable bonds is 3. The molecule has 0 spiro atoms. The van der Waals surface area contributed by atoms with Crippen LogP contribution in [0.5, 0.6) is 0 Å². The van der Waals surface area contributed by atoms with Crippen molar-refractivity contribution >= 4 is 64.6 Å². The molecule has 3 heteroatoms. The molecule has 0 aliphatic heterocycles. The number of hydrogen-bond acceptors (Lipinski definition) is 3. The van der Waals surface area contributed by atoms with E-state index in [1.807, 2.05) is 18.2 Å². The van der Waals surface area contributed by atoms with E-state index < -0.39 is 0 Å². The molecule has 0 fully saturated rings. The molecule has 0 saturated heterocycles. The summed E-state index contributed by atoms with van der Waals surface area (Å²) in [5.74, 6) is 1.98. The van der Waals surface area contributed by atoms with Gasteiger partial charge in [-0.25, -0.2) is 15.0 Å². The SMILES string of the molecule is c1ccc(-c2nc(-c3ccc4c(ccc5c6ccccc6ccc45)c3)nc(-c3c4ccccc4cc4c3ccc3ccccc34)n2)cc1. The van der Waals surface area contributed by atoms with Gasteiger partial charge in [0.05, 0.1) is 0 Å². The molecule has 0 atom stereocenters. The van der Waals surface area contributed by atoms with Crippen LogP contribution in [0, 0.1) is 0 Å². The zero-order valence-electron chi connectivity index (χ0n) is 25.9. The summed E-state index contributed by atoms with van der Waals surface area (Å²) in [5.41, 5.74) is 2.93. The van der Waals surface area contributed by atoms with Crippen LogP contribution in [0.25, 0.3) is 98.8 Å². The Morgan fingerprint density at radius 2 is 0.729 bits per heavy atom. The van der Waals surface area contributed by atoms with E-state index in [0.29, 0.717) is 17.5 Å². The van der Waals surface area contributed by atoms with Crippen molar-refractivity contribution in [2.45, 2.75) is 0 Å². The van der Waals surface area contributed by atoms with Crippen molar-refractivity contribution in [3.05, 3.63) is 164 Å². The first-order chi connectivity index (χ1) is 23.8. The fourth-order valence-electron chi connectivity index (χ4n) is 7.36. The molecule has 0 aliphatic rings. The van der Waals surface area contributed by atoms with Crippen molar-refractivity contribution in [1.82, 2.24) is 15.0 Å². The molecule has 0 N–H and O–H groups in total. The second-order valence-corrected chi connectivity index (χ2v) is 12.4. The number of nitrogens with zero attached hydrogens (tertiary/aromatic N) is 3. The van der Waals surface area contributed by atoms with Crippen LogP contribution in [0.15, 0.2) is 164 Å². The van der Waals surface area contributed by atoms with Gasteiger partial charge in [0.2, 0.25) is 0 Å². The van der Waals surface area contributed by atoms with Gasteiger partial charge < -0.3 is 0 Å². The predicted molar refractivity (Wildman–Crippen MR) is 201 cm³/mol. The van der Waals surface area contributed by atoms with Gasteiger partial charge in [0.15, 0.2) is 17.5 Å². The Bertz CT molecular complexity index is 2890. The molecule has 0 aliphatic carbocycles. The first-order valence-corrected chi connectivity index (χ1v) is 16.3. The first-order valence-electron chi connectivity index (χ1n) is 16.3. The van der Waals surface area contributed by atoms with Crippen LogP contribution in [0.4, 0.5) is 0 Å². The fraction of sp³-hybridized carbons (Fsp3) is 0. The second-order valence-electron chi connectivity index (χ2n) is 12.4. The van der Waals surface area contributed by atoms with Crippen LogP contribution in [0.1, 0.15) is 0 Å². The molecule has 0 saturated carbocycles. The predicted octanol–water partition coefficient (Wildman–Crippen LogP) is 11.8. The van der Waals surface area contributed by atoms with E-state index in [9.17, 15) is 0 Å². The van der Waals surface area contributed by atoms with Crippen LogP contribution in [-0.4, -0.2) is 15.0 Å². The normalized spacial score (nSPS) is 11.8. The highest BCUT2D eigenvalue weighted by molar-refractivity contribution is 6.20. The molecular formula is C45H27N3. The lowest BCUT2D eigenvalue weighted by Gasteiger charge is -2.15. The molecule has 222 valence electrons. The summed E-state index contributed by atoms with van der Waals surface area (Å²) < 4.78 is 0. The molecule has 48 heavy (non-hydrogen) atoms. The Labute approximate surface area is 276 Å². The van der Waals surface area contributed by atoms with Crippen molar-refractivity contribution in [3.63, 3.8) is 0 Å². The third-order valence-electron chi connectivity index (χ3n) is 9.66. The summed E-state index contributed by atoms with van der Waals surface area (Å²) in [6.45, 7) is 0. The molecule has 10 rings (SSSR count). The van der Waals surface area contributed by atoms with Crippen molar-refractivity contribution in [1.29, 1.82) is 0 Å². The van der Waals surface area contributed by atoms with E-state index in [0.717, 1.165) is 38.2 Å². The molecule has 0 unspecified atom stereocenters. The Balaban J connectivity index is 1.24. The topological polar surface area (TPSA) is 38.7 Å². The smallest absolute Gasteiger partial charge is 0.165 e. The summed E-state index contributed by atoms with van der Waals surface area (Å²) >= 11 is 0. The van der Waals surface area contributed by atoms with Crippen LogP contribution < -0.4 is 0 Å². The van der Waals surface area contributed by atoms with Crippen molar-refractivity contribution < 1.29 is 0 Å². The maximum atomic E-state index is 5.27. The standard InChI is InChI=1S/C45H27N3/c1-2-12-30(13-3-1)43-46-44(33-21-22-36-32(26-33)20-24-38-34-15-7-4-10-28(34)18-23-39(36)38)48-45(47-43)42-37-17-9-6-14-31(37)27-41-35-16-8-5-11-29(35)19-25-40(41)42/h1-27H. The van der Waals surface area contributed by atoms with Crippen LogP contribution >= 0.6 is 0 Å². The van der Waals surface area contributed by atoms with Crippen molar-refractivity contribution in [2.24, 2.45) is 0 Å². The summed E-state index contributed by atoms with van der Waals surface area (Å²) in [6.07, 6.45) is 0. The van der Waals surface area contributed by atoms with E-state index >= 15 is 0 Å². The van der Waals surface area contributed by atoms with Gasteiger partial charge in [-0.15, -0.1) is 0 Å². The van der Waals surface area contributed by atoms with Gasteiger partial charge in [0, 0.05) is 16.7 Å². The van der Waals surface area contributed by atoms with E-state index in [1.54, 1.807) is 0 Å². The molecule has 0 bridgehead atoms. The lowest BCUT2D eigenvalue weighted by atomic mass is 9.93. The lowest BCUT2D eigenvalue weighted by Crippen LogP contribution is -2.01. The van der Waals surface area contributed by atoms with E-state index in [-0.39, 0.29) is 0 Å². The summed E-state index contributed by atoms with van der Waals surface area (Å²) in [7, 11) is 0. The van der Waals surface area contributed by atoms with E-state index in [4.69, 9.17) is 15.0 Å². The quantitative estimate of drug-likeness (QED) is 0.148. The minimum atomic E-state index is 0.654. The van der Waals surface area contributed by atoms with Crippen LogP contribution in [0.3, 0.4) is 0 Å². The zero-order valence-corrected chi connectivity index (χ0v) is 25.9. The maximum Gasteiger partial charge on any atom is 0.165 e. The van der Waals surface area contributed by atoms with E-state index in [1.165, 1.54) is 43.1 Å². The highest BCUT2D eigenvalue weighted by Crippen LogP contribution is 2.39. The largest absolute Gasteiger partial charge is 0.208 e. The monoisotopic (exact) mass is 609 g/mol. The molecule has 1 aromatic heterocycles. The van der Waals surface area contributed by atoms with Crippen molar-refractivity contribution in [3.8, 4) is 34.2 Å². The molecule has 0 amide bonds. The zero-order chi connectivity index (χ0) is 31.6. The third-order valence-corrected chi connectivity index (χ3v) is 9.66. The molecule has 10 aromatic rings. The van der Waals surface area contributed by atoms with Crippen LogP contribution in [0.2, 0.25) is 0 Å². The van der Waals surface area contributed by atoms with Gasteiger partial charge in [-0.3, -0.25) is 0 Å². The summed E-state index contributed by atoms with van der Waals surface area (Å²) in [6, 6.07) is 58.1. The first kappa shape index (κ1) is 26.7.